The highest BCUT2D eigenvalue weighted by Crippen LogP contribution is 2.44. The molecule has 0 bridgehead atoms. The summed E-state index contributed by atoms with van der Waals surface area (Å²) in [5.41, 5.74) is 2.18. The quantitative estimate of drug-likeness (QED) is 0.279. The van der Waals surface area contributed by atoms with Gasteiger partial charge in [-0.25, -0.2) is 18.4 Å². The van der Waals surface area contributed by atoms with Crippen molar-refractivity contribution in [1.29, 1.82) is 0 Å². The molecule has 4 aromatic rings. The van der Waals surface area contributed by atoms with Gasteiger partial charge in [-0.2, -0.15) is 0 Å². The van der Waals surface area contributed by atoms with Crippen LogP contribution >= 0.6 is 23.4 Å². The molecular weight excluding hydrogens is 508 g/mol. The lowest BCUT2D eigenvalue weighted by Gasteiger charge is -2.31. The van der Waals surface area contributed by atoms with Gasteiger partial charge in [0.25, 0.3) is 10.0 Å². The molecule has 0 unspecified atom stereocenters. The van der Waals surface area contributed by atoms with Crippen molar-refractivity contribution in [3.05, 3.63) is 89.5 Å². The van der Waals surface area contributed by atoms with E-state index in [0.717, 1.165) is 17.3 Å². The summed E-state index contributed by atoms with van der Waals surface area (Å²) in [6, 6.07) is 17.9. The van der Waals surface area contributed by atoms with Crippen molar-refractivity contribution in [2.24, 2.45) is 0 Å². The number of amides is 1. The number of benzene rings is 2. The zero-order chi connectivity index (χ0) is 24.4. The minimum absolute atomic E-state index is 0.00480. The molecule has 35 heavy (non-hydrogen) atoms. The number of furan rings is 1. The molecule has 0 radical (unpaired) electrons. The second kappa shape index (κ2) is 9.73. The first-order valence-corrected chi connectivity index (χ1v) is 13.4. The summed E-state index contributed by atoms with van der Waals surface area (Å²) in [4.78, 5) is 20.9. The average Bonchev–Trinajstić information content (AvgIpc) is 3.38. The number of aromatic nitrogens is 2. The monoisotopic (exact) mass is 526 g/mol. The number of carbonyl (C=O) groups excluding carboxylic acids is 1. The third-order valence-electron chi connectivity index (χ3n) is 5.32. The minimum atomic E-state index is -3.92. The molecule has 0 saturated heterocycles. The van der Waals surface area contributed by atoms with Gasteiger partial charge < -0.3 is 9.73 Å². The fraction of sp³-hybridized carbons (Fsp3) is 0.125. The van der Waals surface area contributed by atoms with Crippen LogP contribution in [0, 0.1) is 0 Å². The highest BCUT2D eigenvalue weighted by Gasteiger charge is 2.37. The van der Waals surface area contributed by atoms with E-state index < -0.39 is 10.0 Å². The van der Waals surface area contributed by atoms with Crippen molar-refractivity contribution < 1.29 is 17.6 Å². The molecule has 0 saturated carbocycles. The SMILES string of the molecule is O=C(CSc1ncc2c(n1)-c1cc(Cl)ccc1N(Cc1ccccc1)S2(=O)=O)NCc1ccco1. The number of fused-ring (bicyclic) bond motifs is 3. The maximum atomic E-state index is 13.6. The Labute approximate surface area is 211 Å². The smallest absolute Gasteiger partial charge is 0.268 e. The van der Waals surface area contributed by atoms with Gasteiger partial charge in [-0.1, -0.05) is 53.7 Å². The standard InChI is InChI=1S/C24H19ClN4O4S2/c25-17-8-9-20-19(11-17)23-21(35(31,32)29(20)14-16-5-2-1-3-6-16)13-27-24(28-23)34-15-22(30)26-12-18-7-4-10-33-18/h1-11,13H,12,14-15H2,(H,26,30). The van der Waals surface area contributed by atoms with E-state index in [-0.39, 0.29) is 40.5 Å². The van der Waals surface area contributed by atoms with Crippen LogP contribution in [-0.4, -0.2) is 30.0 Å². The van der Waals surface area contributed by atoms with Crippen LogP contribution in [0.2, 0.25) is 5.02 Å². The lowest BCUT2D eigenvalue weighted by Crippen LogP contribution is -2.34. The Bertz CT molecular complexity index is 1480. The van der Waals surface area contributed by atoms with Crippen LogP contribution in [0.25, 0.3) is 11.3 Å². The van der Waals surface area contributed by atoms with Gasteiger partial charge in [-0.3, -0.25) is 9.10 Å². The molecule has 5 rings (SSSR count). The second-order valence-electron chi connectivity index (χ2n) is 7.67. The van der Waals surface area contributed by atoms with Crippen molar-refractivity contribution in [2.75, 3.05) is 10.1 Å². The van der Waals surface area contributed by atoms with Crippen molar-refractivity contribution in [3.63, 3.8) is 0 Å². The normalized spacial score (nSPS) is 13.7. The molecular formula is C24H19ClN4O4S2. The van der Waals surface area contributed by atoms with E-state index >= 15 is 0 Å². The minimum Gasteiger partial charge on any atom is -0.467 e. The fourth-order valence-electron chi connectivity index (χ4n) is 3.67. The second-order valence-corrected chi connectivity index (χ2v) is 10.9. The molecule has 2 aromatic carbocycles. The third kappa shape index (κ3) is 4.90. The number of nitrogens with one attached hydrogen (secondary N) is 1. The lowest BCUT2D eigenvalue weighted by molar-refractivity contribution is -0.118. The lowest BCUT2D eigenvalue weighted by atomic mass is 10.1. The van der Waals surface area contributed by atoms with Gasteiger partial charge in [0.15, 0.2) is 5.16 Å². The van der Waals surface area contributed by atoms with Crippen molar-refractivity contribution in [1.82, 2.24) is 15.3 Å². The fourth-order valence-corrected chi connectivity index (χ4v) is 6.05. The Morgan fingerprint density at radius 2 is 1.94 bits per heavy atom. The van der Waals surface area contributed by atoms with E-state index in [1.54, 1.807) is 30.3 Å². The van der Waals surface area contributed by atoms with Gasteiger partial charge in [0.2, 0.25) is 5.91 Å². The van der Waals surface area contributed by atoms with E-state index in [4.69, 9.17) is 16.0 Å². The number of sulfonamides is 1. The highest BCUT2D eigenvalue weighted by atomic mass is 35.5. The summed E-state index contributed by atoms with van der Waals surface area (Å²) >= 11 is 7.38. The molecule has 3 heterocycles. The largest absolute Gasteiger partial charge is 0.467 e. The molecule has 178 valence electrons. The van der Waals surface area contributed by atoms with Crippen molar-refractivity contribution in [2.45, 2.75) is 23.1 Å². The van der Waals surface area contributed by atoms with Crippen LogP contribution in [0.1, 0.15) is 11.3 Å². The van der Waals surface area contributed by atoms with Crippen molar-refractivity contribution >= 4 is 45.0 Å². The molecule has 1 aliphatic heterocycles. The van der Waals surface area contributed by atoms with Gasteiger partial charge in [-0.05, 0) is 35.9 Å². The summed E-state index contributed by atoms with van der Waals surface area (Å²) in [7, 11) is -3.92. The third-order valence-corrected chi connectivity index (χ3v) is 8.18. The first-order valence-electron chi connectivity index (χ1n) is 10.6. The molecule has 1 aliphatic rings. The number of carbonyl (C=O) groups is 1. The topological polar surface area (TPSA) is 105 Å². The number of hydrogen-bond acceptors (Lipinski definition) is 7. The van der Waals surface area contributed by atoms with Crippen molar-refractivity contribution in [3.8, 4) is 11.3 Å². The maximum absolute atomic E-state index is 13.6. The van der Waals surface area contributed by atoms with Crippen LogP contribution < -0.4 is 9.62 Å². The van der Waals surface area contributed by atoms with E-state index in [2.05, 4.69) is 15.3 Å². The van der Waals surface area contributed by atoms with E-state index in [9.17, 15) is 13.2 Å². The summed E-state index contributed by atoms with van der Waals surface area (Å²) in [5, 5.41) is 3.50. The summed E-state index contributed by atoms with van der Waals surface area (Å²) in [6.07, 6.45) is 2.83. The first-order chi connectivity index (χ1) is 16.9. The molecule has 2 aromatic heterocycles. The molecule has 0 fully saturated rings. The molecule has 11 heteroatoms. The zero-order valence-electron chi connectivity index (χ0n) is 18.2. The van der Waals surface area contributed by atoms with Gasteiger partial charge in [0.05, 0.1) is 42.7 Å². The number of thioether (sulfide) groups is 1. The van der Waals surface area contributed by atoms with Gasteiger partial charge in [-0.15, -0.1) is 0 Å². The number of hydrogen-bond donors (Lipinski definition) is 1. The Morgan fingerprint density at radius 1 is 1.11 bits per heavy atom. The Hall–Kier alpha value is -3.34. The highest BCUT2D eigenvalue weighted by molar-refractivity contribution is 7.99. The van der Waals surface area contributed by atoms with E-state index in [0.29, 0.717) is 22.0 Å². The Morgan fingerprint density at radius 3 is 2.71 bits per heavy atom. The predicted octanol–water partition coefficient (Wildman–Crippen LogP) is 4.51. The van der Waals surface area contributed by atoms with Crippen LogP contribution in [0.5, 0.6) is 0 Å². The van der Waals surface area contributed by atoms with Crippen LogP contribution in [0.3, 0.4) is 0 Å². The molecule has 1 N–H and O–H groups in total. The first kappa shape index (κ1) is 23.4. The Kier molecular flexibility index (Phi) is 6.50. The molecule has 8 nitrogen and oxygen atoms in total. The van der Waals surface area contributed by atoms with Crippen LogP contribution in [0.15, 0.2) is 87.6 Å². The zero-order valence-corrected chi connectivity index (χ0v) is 20.6. The van der Waals surface area contributed by atoms with Crippen LogP contribution in [0.4, 0.5) is 5.69 Å². The number of rotatable bonds is 7. The van der Waals surface area contributed by atoms with Gasteiger partial charge in [0.1, 0.15) is 10.7 Å². The average molecular weight is 527 g/mol. The van der Waals surface area contributed by atoms with Crippen LogP contribution in [-0.2, 0) is 27.9 Å². The summed E-state index contributed by atoms with van der Waals surface area (Å²) in [5.74, 6) is 0.486. The number of halogens is 1. The van der Waals surface area contributed by atoms with E-state index in [1.165, 1.54) is 16.8 Å². The molecule has 0 spiro atoms. The summed E-state index contributed by atoms with van der Waals surface area (Å²) in [6.45, 7) is 0.433. The Balaban J connectivity index is 1.42. The maximum Gasteiger partial charge on any atom is 0.268 e. The summed E-state index contributed by atoms with van der Waals surface area (Å²) < 4.78 is 33.7. The van der Waals surface area contributed by atoms with E-state index in [1.807, 2.05) is 30.3 Å². The molecule has 0 atom stereocenters. The number of anilines is 1. The predicted molar refractivity (Wildman–Crippen MR) is 134 cm³/mol. The van der Waals surface area contributed by atoms with Gasteiger partial charge in [0, 0.05) is 10.6 Å². The van der Waals surface area contributed by atoms with Gasteiger partial charge >= 0.3 is 0 Å². The molecule has 1 amide bonds. The number of nitrogens with zero attached hydrogens (tertiary/aromatic N) is 3. The molecule has 0 aliphatic carbocycles.